The standard InChI is InChI=1S/C11H19N3O2/c1-8(2)10-13-5-6-14(10)7-9(12-3)11(15)16-4/h5-6,8-9,12H,7H2,1-4H3. The summed E-state index contributed by atoms with van der Waals surface area (Å²) in [7, 11) is 3.14. The monoisotopic (exact) mass is 225 g/mol. The van der Waals surface area contributed by atoms with E-state index in [0.717, 1.165) is 5.82 Å². The van der Waals surface area contributed by atoms with E-state index < -0.39 is 0 Å². The Morgan fingerprint density at radius 1 is 1.62 bits per heavy atom. The molecule has 1 aromatic heterocycles. The lowest BCUT2D eigenvalue weighted by molar-refractivity contribution is -0.143. The molecule has 0 spiro atoms. The molecule has 5 nitrogen and oxygen atoms in total. The second kappa shape index (κ2) is 5.65. The molecule has 0 aliphatic heterocycles. The highest BCUT2D eigenvalue weighted by Crippen LogP contribution is 2.12. The van der Waals surface area contributed by atoms with Gasteiger partial charge in [0.15, 0.2) is 0 Å². The highest BCUT2D eigenvalue weighted by Gasteiger charge is 2.19. The van der Waals surface area contributed by atoms with Crippen LogP contribution in [0, 0.1) is 0 Å². The first kappa shape index (κ1) is 12.7. The fourth-order valence-corrected chi connectivity index (χ4v) is 1.60. The summed E-state index contributed by atoms with van der Waals surface area (Å²) in [5.74, 6) is 1.06. The molecule has 1 atom stereocenters. The molecule has 0 saturated carbocycles. The molecular formula is C11H19N3O2. The van der Waals surface area contributed by atoms with Gasteiger partial charge in [-0.05, 0) is 7.05 Å². The first-order chi connectivity index (χ1) is 7.60. The number of nitrogens with zero attached hydrogens (tertiary/aromatic N) is 2. The van der Waals surface area contributed by atoms with Crippen LogP contribution in [0.15, 0.2) is 12.4 Å². The Morgan fingerprint density at radius 2 is 2.31 bits per heavy atom. The molecule has 1 N–H and O–H groups in total. The van der Waals surface area contributed by atoms with Gasteiger partial charge in [0, 0.05) is 24.9 Å². The fourth-order valence-electron chi connectivity index (χ4n) is 1.60. The van der Waals surface area contributed by atoms with Crippen molar-refractivity contribution in [1.29, 1.82) is 0 Å². The molecule has 0 aliphatic rings. The summed E-state index contributed by atoms with van der Waals surface area (Å²) in [5.41, 5.74) is 0. The molecule has 0 aliphatic carbocycles. The molecule has 5 heteroatoms. The van der Waals surface area contributed by atoms with Crippen LogP contribution < -0.4 is 5.32 Å². The molecule has 1 unspecified atom stereocenters. The van der Waals surface area contributed by atoms with Gasteiger partial charge in [-0.2, -0.15) is 0 Å². The van der Waals surface area contributed by atoms with Crippen molar-refractivity contribution < 1.29 is 9.53 Å². The summed E-state index contributed by atoms with van der Waals surface area (Å²) < 4.78 is 6.69. The van der Waals surface area contributed by atoms with Gasteiger partial charge in [-0.1, -0.05) is 13.8 Å². The largest absolute Gasteiger partial charge is 0.468 e. The van der Waals surface area contributed by atoms with Gasteiger partial charge < -0.3 is 14.6 Å². The Bertz CT molecular complexity index is 347. The van der Waals surface area contributed by atoms with E-state index >= 15 is 0 Å². The molecule has 0 saturated heterocycles. The van der Waals surface area contributed by atoms with E-state index in [0.29, 0.717) is 12.5 Å². The van der Waals surface area contributed by atoms with Crippen molar-refractivity contribution >= 4 is 5.97 Å². The highest BCUT2D eigenvalue weighted by atomic mass is 16.5. The van der Waals surface area contributed by atoms with Crippen LogP contribution in [0.5, 0.6) is 0 Å². The summed E-state index contributed by atoms with van der Waals surface area (Å²) in [5, 5.41) is 2.93. The number of carbonyl (C=O) groups excluding carboxylic acids is 1. The smallest absolute Gasteiger partial charge is 0.324 e. The molecule has 0 aromatic carbocycles. The summed E-state index contributed by atoms with van der Waals surface area (Å²) in [4.78, 5) is 15.7. The minimum atomic E-state index is -0.336. The lowest BCUT2D eigenvalue weighted by atomic mass is 10.2. The number of esters is 1. The van der Waals surface area contributed by atoms with E-state index in [1.807, 2.05) is 10.8 Å². The number of aromatic nitrogens is 2. The predicted molar refractivity (Wildman–Crippen MR) is 61.2 cm³/mol. The first-order valence-electron chi connectivity index (χ1n) is 5.36. The number of hydrogen-bond donors (Lipinski definition) is 1. The molecule has 1 aromatic rings. The van der Waals surface area contributed by atoms with Crippen LogP contribution in [0.2, 0.25) is 0 Å². The predicted octanol–water partition coefficient (Wildman–Crippen LogP) is 0.767. The van der Waals surface area contributed by atoms with E-state index in [9.17, 15) is 4.79 Å². The van der Waals surface area contributed by atoms with Crippen molar-refractivity contribution in [2.75, 3.05) is 14.2 Å². The van der Waals surface area contributed by atoms with Gasteiger partial charge in [0.05, 0.1) is 7.11 Å². The number of hydrogen-bond acceptors (Lipinski definition) is 4. The third-order valence-corrected chi connectivity index (χ3v) is 2.48. The summed E-state index contributed by atoms with van der Waals surface area (Å²) in [6, 6.07) is -0.336. The first-order valence-corrected chi connectivity index (χ1v) is 5.36. The van der Waals surface area contributed by atoms with Crippen LogP contribution in [-0.4, -0.2) is 35.7 Å². The van der Waals surface area contributed by atoms with Crippen molar-refractivity contribution in [2.45, 2.75) is 32.4 Å². The van der Waals surface area contributed by atoms with Crippen LogP contribution in [-0.2, 0) is 16.1 Å². The van der Waals surface area contributed by atoms with Gasteiger partial charge >= 0.3 is 5.97 Å². The molecule has 0 amide bonds. The Kier molecular flexibility index (Phi) is 4.49. The van der Waals surface area contributed by atoms with Crippen molar-refractivity contribution in [1.82, 2.24) is 14.9 Å². The lowest BCUT2D eigenvalue weighted by Gasteiger charge is -2.17. The van der Waals surface area contributed by atoms with Crippen LogP contribution in [0.1, 0.15) is 25.6 Å². The minimum Gasteiger partial charge on any atom is -0.468 e. The minimum absolute atomic E-state index is 0.258. The SMILES string of the molecule is CNC(Cn1ccnc1C(C)C)C(=O)OC. The molecule has 0 fully saturated rings. The van der Waals surface area contributed by atoms with Gasteiger partial charge in [0.25, 0.3) is 0 Å². The maximum Gasteiger partial charge on any atom is 0.324 e. The average Bonchev–Trinajstić information content (AvgIpc) is 2.72. The van der Waals surface area contributed by atoms with Gasteiger partial charge in [0.1, 0.15) is 11.9 Å². The highest BCUT2D eigenvalue weighted by molar-refractivity contribution is 5.75. The average molecular weight is 225 g/mol. The third-order valence-electron chi connectivity index (χ3n) is 2.48. The van der Waals surface area contributed by atoms with E-state index in [-0.39, 0.29) is 12.0 Å². The molecule has 1 rings (SSSR count). The number of methoxy groups -OCH3 is 1. The fraction of sp³-hybridized carbons (Fsp3) is 0.636. The molecule has 1 heterocycles. The number of rotatable bonds is 5. The second-order valence-corrected chi connectivity index (χ2v) is 3.96. The number of carbonyl (C=O) groups is 1. The Morgan fingerprint density at radius 3 is 2.81 bits per heavy atom. The van der Waals surface area contributed by atoms with Crippen LogP contribution in [0.25, 0.3) is 0 Å². The van der Waals surface area contributed by atoms with Crippen molar-refractivity contribution in [3.63, 3.8) is 0 Å². The second-order valence-electron chi connectivity index (χ2n) is 3.96. The van der Waals surface area contributed by atoms with Crippen molar-refractivity contribution in [2.24, 2.45) is 0 Å². The van der Waals surface area contributed by atoms with E-state index in [1.54, 1.807) is 13.2 Å². The lowest BCUT2D eigenvalue weighted by Crippen LogP contribution is -2.39. The number of likely N-dealkylation sites (N-methyl/N-ethyl adjacent to an activating group) is 1. The molecule has 0 bridgehead atoms. The Hall–Kier alpha value is -1.36. The van der Waals surface area contributed by atoms with Gasteiger partial charge in [-0.25, -0.2) is 4.98 Å². The normalized spacial score (nSPS) is 12.8. The van der Waals surface area contributed by atoms with E-state index in [2.05, 4.69) is 24.1 Å². The molecule has 90 valence electrons. The van der Waals surface area contributed by atoms with E-state index in [1.165, 1.54) is 7.11 Å². The Labute approximate surface area is 95.8 Å². The van der Waals surface area contributed by atoms with Crippen molar-refractivity contribution in [3.8, 4) is 0 Å². The van der Waals surface area contributed by atoms with Gasteiger partial charge in [0.2, 0.25) is 0 Å². The van der Waals surface area contributed by atoms with E-state index in [4.69, 9.17) is 4.74 Å². The maximum absolute atomic E-state index is 11.4. The number of imidazole rings is 1. The topological polar surface area (TPSA) is 56.2 Å². The number of nitrogens with one attached hydrogen (secondary N) is 1. The van der Waals surface area contributed by atoms with Gasteiger partial charge in [-0.3, -0.25) is 4.79 Å². The maximum atomic E-state index is 11.4. The van der Waals surface area contributed by atoms with Crippen LogP contribution in [0.4, 0.5) is 0 Å². The third kappa shape index (κ3) is 2.82. The Balaban J connectivity index is 2.78. The zero-order valence-electron chi connectivity index (χ0n) is 10.2. The van der Waals surface area contributed by atoms with Crippen molar-refractivity contribution in [3.05, 3.63) is 18.2 Å². The molecular weight excluding hydrogens is 206 g/mol. The molecule has 0 radical (unpaired) electrons. The van der Waals surface area contributed by atoms with Gasteiger partial charge in [-0.15, -0.1) is 0 Å². The molecule has 16 heavy (non-hydrogen) atoms. The zero-order valence-corrected chi connectivity index (χ0v) is 10.2. The quantitative estimate of drug-likeness (QED) is 0.752. The van der Waals surface area contributed by atoms with Crippen LogP contribution in [0.3, 0.4) is 0 Å². The summed E-state index contributed by atoms with van der Waals surface area (Å²) in [6.45, 7) is 4.69. The zero-order chi connectivity index (χ0) is 12.1. The number of ether oxygens (including phenoxy) is 1. The summed E-state index contributed by atoms with van der Waals surface area (Å²) in [6.07, 6.45) is 3.63. The van der Waals surface area contributed by atoms with Crippen LogP contribution >= 0.6 is 0 Å². The summed E-state index contributed by atoms with van der Waals surface area (Å²) >= 11 is 0.